The summed E-state index contributed by atoms with van der Waals surface area (Å²) in [6.07, 6.45) is 0.607. The maximum Gasteiger partial charge on any atom is 0.573 e. The lowest BCUT2D eigenvalue weighted by molar-refractivity contribution is -0.274. The van der Waals surface area contributed by atoms with Crippen molar-refractivity contribution in [2.24, 2.45) is 5.92 Å². The molecule has 0 aromatic heterocycles. The molecule has 2 aromatic rings. The first kappa shape index (κ1) is 28.1. The predicted molar refractivity (Wildman–Crippen MR) is 134 cm³/mol. The average Bonchev–Trinajstić information content (AvgIpc) is 2.87. The molecule has 202 valence electrons. The summed E-state index contributed by atoms with van der Waals surface area (Å²) in [5, 5.41) is 8.73. The highest BCUT2D eigenvalue weighted by Gasteiger charge is 2.31. The fourth-order valence-electron chi connectivity index (χ4n) is 4.33. The van der Waals surface area contributed by atoms with Gasteiger partial charge in [-0.3, -0.25) is 4.79 Å². The normalized spacial score (nSPS) is 15.8. The van der Waals surface area contributed by atoms with Gasteiger partial charge in [0.2, 0.25) is 5.91 Å². The van der Waals surface area contributed by atoms with Gasteiger partial charge < -0.3 is 25.4 Å². The van der Waals surface area contributed by atoms with Crippen LogP contribution in [0.25, 0.3) is 0 Å². The molecule has 0 aliphatic heterocycles. The highest BCUT2D eigenvalue weighted by Crippen LogP contribution is 2.27. The summed E-state index contributed by atoms with van der Waals surface area (Å²) in [6.45, 7) is 2.24. The van der Waals surface area contributed by atoms with E-state index in [0.717, 1.165) is 31.2 Å². The SMILES string of the molecule is CC(CNc1ccc(OC(F)(F)F)cc1)NC(=O)C(CC1CCCCC1)NC(=O)OCc1ccccc1. The van der Waals surface area contributed by atoms with Crippen LogP contribution >= 0.6 is 0 Å². The summed E-state index contributed by atoms with van der Waals surface area (Å²) in [4.78, 5) is 25.6. The van der Waals surface area contributed by atoms with Gasteiger partial charge in [-0.2, -0.15) is 0 Å². The van der Waals surface area contributed by atoms with Gasteiger partial charge >= 0.3 is 12.5 Å². The Balaban J connectivity index is 1.51. The van der Waals surface area contributed by atoms with E-state index in [-0.39, 0.29) is 24.3 Å². The van der Waals surface area contributed by atoms with Crippen LogP contribution in [0.3, 0.4) is 0 Å². The summed E-state index contributed by atoms with van der Waals surface area (Å²) in [5.74, 6) is -0.259. The topological polar surface area (TPSA) is 88.7 Å². The molecule has 2 aromatic carbocycles. The number of carbonyl (C=O) groups excluding carboxylic acids is 2. The van der Waals surface area contributed by atoms with Gasteiger partial charge in [-0.15, -0.1) is 13.2 Å². The van der Waals surface area contributed by atoms with E-state index in [1.54, 1.807) is 6.92 Å². The highest BCUT2D eigenvalue weighted by atomic mass is 19.4. The van der Waals surface area contributed by atoms with Crippen molar-refractivity contribution in [2.75, 3.05) is 11.9 Å². The Morgan fingerprint density at radius 1 is 0.973 bits per heavy atom. The predicted octanol–water partition coefficient (Wildman–Crippen LogP) is 5.77. The van der Waals surface area contributed by atoms with Crippen molar-refractivity contribution < 1.29 is 32.2 Å². The number of alkyl carbamates (subject to hydrolysis) is 1. The molecule has 1 saturated carbocycles. The van der Waals surface area contributed by atoms with Gasteiger partial charge in [0, 0.05) is 18.3 Å². The van der Waals surface area contributed by atoms with Crippen LogP contribution in [0, 0.1) is 5.92 Å². The molecule has 0 heterocycles. The third-order valence-electron chi connectivity index (χ3n) is 6.20. The smallest absolute Gasteiger partial charge is 0.445 e. The summed E-state index contributed by atoms with van der Waals surface area (Å²) < 4.78 is 46.1. The molecule has 2 unspecified atom stereocenters. The van der Waals surface area contributed by atoms with Crippen molar-refractivity contribution in [2.45, 2.75) is 70.5 Å². The Morgan fingerprint density at radius 3 is 2.30 bits per heavy atom. The number of alkyl halides is 3. The van der Waals surface area contributed by atoms with Crippen LogP contribution in [0.1, 0.15) is 51.0 Å². The third-order valence-corrected chi connectivity index (χ3v) is 6.20. The molecule has 0 radical (unpaired) electrons. The van der Waals surface area contributed by atoms with Crippen molar-refractivity contribution in [1.29, 1.82) is 0 Å². The van der Waals surface area contributed by atoms with E-state index >= 15 is 0 Å². The summed E-state index contributed by atoms with van der Waals surface area (Å²) in [5.41, 5.74) is 1.43. The van der Waals surface area contributed by atoms with Crippen LogP contribution in [0.4, 0.5) is 23.7 Å². The van der Waals surface area contributed by atoms with Crippen molar-refractivity contribution in [3.05, 3.63) is 60.2 Å². The molecule has 7 nitrogen and oxygen atoms in total. The lowest BCUT2D eigenvalue weighted by Crippen LogP contribution is -2.51. The standard InChI is InChI=1S/C27H34F3N3O4/c1-19(17-31-22-12-14-23(15-13-22)37-27(28,29)30)32-25(34)24(16-20-8-4-2-5-9-20)33-26(35)36-18-21-10-6-3-7-11-21/h3,6-7,10-15,19-20,24,31H,2,4-5,8-9,16-18H2,1H3,(H,32,34)(H,33,35). The zero-order valence-corrected chi connectivity index (χ0v) is 20.9. The van der Waals surface area contributed by atoms with E-state index in [1.165, 1.54) is 30.7 Å². The van der Waals surface area contributed by atoms with Gasteiger partial charge in [-0.25, -0.2) is 4.79 Å². The average molecular weight is 522 g/mol. The van der Waals surface area contributed by atoms with Gasteiger partial charge in [0.1, 0.15) is 18.4 Å². The molecule has 2 amide bonds. The Hall–Kier alpha value is -3.43. The molecule has 37 heavy (non-hydrogen) atoms. The number of halogens is 3. The summed E-state index contributed by atoms with van der Waals surface area (Å²) >= 11 is 0. The molecule has 1 aliphatic carbocycles. The van der Waals surface area contributed by atoms with E-state index in [4.69, 9.17) is 4.74 Å². The van der Waals surface area contributed by atoms with Crippen molar-refractivity contribution in [3.63, 3.8) is 0 Å². The molecule has 1 fully saturated rings. The van der Waals surface area contributed by atoms with E-state index in [0.29, 0.717) is 24.6 Å². The molecule has 0 saturated heterocycles. The zero-order chi connectivity index (χ0) is 26.7. The third kappa shape index (κ3) is 10.6. The van der Waals surface area contributed by atoms with Gasteiger partial charge in [0.05, 0.1) is 0 Å². The number of amides is 2. The van der Waals surface area contributed by atoms with Crippen molar-refractivity contribution in [1.82, 2.24) is 10.6 Å². The number of nitrogens with one attached hydrogen (secondary N) is 3. The van der Waals surface area contributed by atoms with Crippen molar-refractivity contribution in [3.8, 4) is 5.75 Å². The fourth-order valence-corrected chi connectivity index (χ4v) is 4.33. The quantitative estimate of drug-likeness (QED) is 0.350. The van der Waals surface area contributed by atoms with Gasteiger partial charge in [-0.1, -0.05) is 62.4 Å². The van der Waals surface area contributed by atoms with Crippen LogP contribution in [-0.2, 0) is 16.1 Å². The van der Waals surface area contributed by atoms with E-state index in [2.05, 4.69) is 20.7 Å². The first-order chi connectivity index (χ1) is 17.7. The Bertz CT molecular complexity index is 981. The minimum atomic E-state index is -4.75. The van der Waals surface area contributed by atoms with Gasteiger partial charge in [-0.05, 0) is 49.1 Å². The van der Waals surface area contributed by atoms with Gasteiger partial charge in [0.25, 0.3) is 0 Å². The first-order valence-electron chi connectivity index (χ1n) is 12.6. The minimum Gasteiger partial charge on any atom is -0.445 e. The van der Waals surface area contributed by atoms with E-state index in [9.17, 15) is 22.8 Å². The summed E-state index contributed by atoms with van der Waals surface area (Å²) in [6, 6.07) is 13.6. The second-order valence-corrected chi connectivity index (χ2v) is 9.36. The first-order valence-corrected chi connectivity index (χ1v) is 12.6. The second-order valence-electron chi connectivity index (χ2n) is 9.36. The number of rotatable bonds is 11. The number of carbonyl (C=O) groups is 2. The largest absolute Gasteiger partial charge is 0.573 e. The monoisotopic (exact) mass is 521 g/mol. The molecule has 10 heteroatoms. The van der Waals surface area contributed by atoms with Crippen molar-refractivity contribution >= 4 is 17.7 Å². The number of hydrogen-bond acceptors (Lipinski definition) is 5. The molecule has 0 bridgehead atoms. The molecule has 3 N–H and O–H groups in total. The van der Waals surface area contributed by atoms with E-state index < -0.39 is 18.5 Å². The summed E-state index contributed by atoms with van der Waals surface area (Å²) in [7, 11) is 0. The van der Waals surface area contributed by atoms with E-state index in [1.807, 2.05) is 30.3 Å². The Kier molecular flexibility index (Phi) is 10.5. The van der Waals surface area contributed by atoms with Crippen LogP contribution in [0.15, 0.2) is 54.6 Å². The van der Waals surface area contributed by atoms with Crippen LogP contribution in [-0.4, -0.2) is 37.0 Å². The highest BCUT2D eigenvalue weighted by molar-refractivity contribution is 5.85. The minimum absolute atomic E-state index is 0.109. The Labute approximate surface area is 215 Å². The molecule has 2 atom stereocenters. The lowest BCUT2D eigenvalue weighted by atomic mass is 9.84. The van der Waals surface area contributed by atoms with Crippen LogP contribution in [0.2, 0.25) is 0 Å². The molecule has 1 aliphatic rings. The zero-order valence-electron chi connectivity index (χ0n) is 20.9. The number of benzene rings is 2. The van der Waals surface area contributed by atoms with Crippen LogP contribution < -0.4 is 20.7 Å². The molecule has 3 rings (SSSR count). The van der Waals surface area contributed by atoms with Crippen LogP contribution in [0.5, 0.6) is 5.75 Å². The Morgan fingerprint density at radius 2 is 1.65 bits per heavy atom. The second kappa shape index (κ2) is 13.8. The number of anilines is 1. The maximum absolute atomic E-state index is 13.1. The lowest BCUT2D eigenvalue weighted by Gasteiger charge is -2.27. The number of hydrogen-bond donors (Lipinski definition) is 3. The number of ether oxygens (including phenoxy) is 2. The molecular weight excluding hydrogens is 487 g/mol. The molecular formula is C27H34F3N3O4. The fraction of sp³-hybridized carbons (Fsp3) is 0.481. The van der Waals surface area contributed by atoms with Gasteiger partial charge in [0.15, 0.2) is 0 Å². The maximum atomic E-state index is 13.1. The molecule has 0 spiro atoms.